The zero-order valence-electron chi connectivity index (χ0n) is 14.2. The number of ether oxygens (including phenoxy) is 1. The Morgan fingerprint density at radius 2 is 1.89 bits per heavy atom. The van der Waals surface area contributed by atoms with Crippen LogP contribution in [-0.4, -0.2) is 15.5 Å². The standard InChI is InChI=1S/C19H13F5N2O2/c20-18(21)26-15-7-2-1-6-14(15)25-16(26)11-28-17(27)9-8-12-4-3-5-13(10-12)19(22,23)24/h1-10,18H,11H2/b9-8+. The SMILES string of the molecule is O=C(/C=C/c1cccc(C(F)(F)F)c1)OCc1nc2ccccc2n1C(F)F. The molecule has 0 atom stereocenters. The lowest BCUT2D eigenvalue weighted by Crippen LogP contribution is -2.09. The fraction of sp³-hybridized carbons (Fsp3) is 0.158. The third kappa shape index (κ3) is 4.36. The lowest BCUT2D eigenvalue weighted by molar-refractivity contribution is -0.139. The highest BCUT2D eigenvalue weighted by Crippen LogP contribution is 2.29. The molecule has 0 amide bonds. The maximum absolute atomic E-state index is 13.3. The summed E-state index contributed by atoms with van der Waals surface area (Å²) in [6.45, 7) is -3.38. The molecule has 9 heteroatoms. The van der Waals surface area contributed by atoms with Crippen LogP contribution >= 0.6 is 0 Å². The predicted octanol–water partition coefficient (Wildman–Crippen LogP) is 5.21. The fourth-order valence-corrected chi connectivity index (χ4v) is 2.58. The second-order valence-corrected chi connectivity index (χ2v) is 5.73. The van der Waals surface area contributed by atoms with Gasteiger partial charge in [0.2, 0.25) is 0 Å². The van der Waals surface area contributed by atoms with Crippen LogP contribution in [0.5, 0.6) is 0 Å². The molecule has 0 saturated carbocycles. The second-order valence-electron chi connectivity index (χ2n) is 5.73. The van der Waals surface area contributed by atoms with Gasteiger partial charge >= 0.3 is 18.7 Å². The lowest BCUT2D eigenvalue weighted by Gasteiger charge is -2.08. The van der Waals surface area contributed by atoms with E-state index in [1.807, 2.05) is 0 Å². The number of carbonyl (C=O) groups excluding carboxylic acids is 1. The lowest BCUT2D eigenvalue weighted by atomic mass is 10.1. The van der Waals surface area contributed by atoms with Crippen LogP contribution in [0.25, 0.3) is 17.1 Å². The fourth-order valence-electron chi connectivity index (χ4n) is 2.58. The van der Waals surface area contributed by atoms with Gasteiger partial charge in [-0.3, -0.25) is 4.57 Å². The van der Waals surface area contributed by atoms with Crippen molar-refractivity contribution in [3.8, 4) is 0 Å². The van der Waals surface area contributed by atoms with Gasteiger partial charge in [-0.1, -0.05) is 24.3 Å². The van der Waals surface area contributed by atoms with Gasteiger partial charge in [-0.15, -0.1) is 0 Å². The van der Waals surface area contributed by atoms with Crippen molar-refractivity contribution in [3.63, 3.8) is 0 Å². The summed E-state index contributed by atoms with van der Waals surface area (Å²) in [4.78, 5) is 15.8. The molecule has 3 rings (SSSR count). The number of nitrogens with zero attached hydrogens (tertiary/aromatic N) is 2. The molecule has 0 radical (unpaired) electrons. The first kappa shape index (κ1) is 19.5. The third-order valence-corrected chi connectivity index (χ3v) is 3.83. The average molecular weight is 396 g/mol. The summed E-state index contributed by atoms with van der Waals surface area (Å²) in [6, 6.07) is 10.6. The summed E-state index contributed by atoms with van der Waals surface area (Å²) >= 11 is 0. The molecule has 0 bridgehead atoms. The van der Waals surface area contributed by atoms with E-state index in [2.05, 4.69) is 4.98 Å². The minimum Gasteiger partial charge on any atom is -0.454 e. The summed E-state index contributed by atoms with van der Waals surface area (Å²) in [6.07, 6.45) is -2.43. The molecule has 2 aromatic carbocycles. The number of rotatable bonds is 5. The Hall–Kier alpha value is -3.23. The van der Waals surface area contributed by atoms with Crippen molar-refractivity contribution in [2.45, 2.75) is 19.3 Å². The molecule has 0 aliphatic rings. The van der Waals surface area contributed by atoms with Crippen molar-refractivity contribution in [3.05, 3.63) is 71.6 Å². The molecule has 146 valence electrons. The van der Waals surface area contributed by atoms with Gasteiger partial charge in [-0.25, -0.2) is 9.78 Å². The van der Waals surface area contributed by atoms with E-state index < -0.39 is 30.9 Å². The topological polar surface area (TPSA) is 44.1 Å². The summed E-state index contributed by atoms with van der Waals surface area (Å²) in [7, 11) is 0. The van der Waals surface area contributed by atoms with Crippen LogP contribution in [-0.2, 0) is 22.3 Å². The summed E-state index contributed by atoms with van der Waals surface area (Å²) in [5.74, 6) is -1.04. The molecule has 0 unspecified atom stereocenters. The highest BCUT2D eigenvalue weighted by molar-refractivity contribution is 5.87. The van der Waals surface area contributed by atoms with Crippen molar-refractivity contribution in [2.24, 2.45) is 0 Å². The quantitative estimate of drug-likeness (QED) is 0.338. The number of para-hydroxylation sites is 2. The van der Waals surface area contributed by atoms with Gasteiger partial charge in [0.15, 0.2) is 5.82 Å². The van der Waals surface area contributed by atoms with Crippen molar-refractivity contribution in [2.75, 3.05) is 0 Å². The number of halogens is 5. The first-order valence-corrected chi connectivity index (χ1v) is 8.02. The van der Waals surface area contributed by atoms with Crippen LogP contribution in [0.1, 0.15) is 23.5 Å². The molecular weight excluding hydrogens is 383 g/mol. The monoisotopic (exact) mass is 396 g/mol. The van der Waals surface area contributed by atoms with E-state index in [-0.39, 0.29) is 16.9 Å². The number of benzene rings is 2. The van der Waals surface area contributed by atoms with E-state index in [0.717, 1.165) is 24.3 Å². The zero-order valence-corrected chi connectivity index (χ0v) is 14.2. The number of fused-ring (bicyclic) bond motifs is 1. The summed E-state index contributed by atoms with van der Waals surface area (Å²) in [5.41, 5.74) is -0.184. The third-order valence-electron chi connectivity index (χ3n) is 3.83. The Morgan fingerprint density at radius 3 is 2.61 bits per heavy atom. The smallest absolute Gasteiger partial charge is 0.416 e. The Kier molecular flexibility index (Phi) is 5.43. The molecular formula is C19H13F5N2O2. The van der Waals surface area contributed by atoms with Gasteiger partial charge in [-0.2, -0.15) is 22.0 Å². The van der Waals surface area contributed by atoms with Crippen LogP contribution in [0.3, 0.4) is 0 Å². The van der Waals surface area contributed by atoms with Crippen molar-refractivity contribution in [1.29, 1.82) is 0 Å². The molecule has 0 N–H and O–H groups in total. The van der Waals surface area contributed by atoms with Gasteiger partial charge in [-0.05, 0) is 35.9 Å². The Morgan fingerprint density at radius 1 is 1.14 bits per heavy atom. The number of esters is 1. The molecule has 0 fully saturated rings. The van der Waals surface area contributed by atoms with E-state index in [9.17, 15) is 26.7 Å². The number of imidazole rings is 1. The van der Waals surface area contributed by atoms with Gasteiger partial charge in [0.1, 0.15) is 6.61 Å². The number of hydrogen-bond donors (Lipinski definition) is 0. The maximum Gasteiger partial charge on any atom is 0.416 e. The van der Waals surface area contributed by atoms with Gasteiger partial charge in [0.05, 0.1) is 16.6 Å². The molecule has 4 nitrogen and oxygen atoms in total. The predicted molar refractivity (Wildman–Crippen MR) is 91.3 cm³/mol. The molecule has 28 heavy (non-hydrogen) atoms. The molecule has 1 aromatic heterocycles. The molecule has 3 aromatic rings. The number of aromatic nitrogens is 2. The van der Waals surface area contributed by atoms with Crippen LogP contribution in [0, 0.1) is 0 Å². The molecule has 0 spiro atoms. The Balaban J connectivity index is 1.71. The molecule has 0 saturated heterocycles. The van der Waals surface area contributed by atoms with Crippen LogP contribution < -0.4 is 0 Å². The number of alkyl halides is 5. The van der Waals surface area contributed by atoms with Gasteiger partial charge in [0.25, 0.3) is 0 Å². The number of hydrogen-bond acceptors (Lipinski definition) is 3. The molecule has 1 heterocycles. The minimum atomic E-state index is -4.50. The van der Waals surface area contributed by atoms with Crippen molar-refractivity contribution >= 4 is 23.1 Å². The van der Waals surface area contributed by atoms with Gasteiger partial charge in [0, 0.05) is 6.08 Å². The molecule has 0 aliphatic heterocycles. The van der Waals surface area contributed by atoms with E-state index in [1.165, 1.54) is 18.2 Å². The largest absolute Gasteiger partial charge is 0.454 e. The Bertz CT molecular complexity index is 1020. The minimum absolute atomic E-state index is 0.142. The summed E-state index contributed by atoms with van der Waals surface area (Å²) in [5, 5.41) is 0. The van der Waals surface area contributed by atoms with Crippen molar-refractivity contribution in [1.82, 2.24) is 9.55 Å². The second kappa shape index (κ2) is 7.79. The summed E-state index contributed by atoms with van der Waals surface area (Å²) < 4.78 is 70.2. The highest BCUT2D eigenvalue weighted by atomic mass is 19.4. The first-order chi connectivity index (χ1) is 13.3. The van der Waals surface area contributed by atoms with Crippen LogP contribution in [0.2, 0.25) is 0 Å². The Labute approximate surface area is 155 Å². The van der Waals surface area contributed by atoms with E-state index >= 15 is 0 Å². The van der Waals surface area contributed by atoms with Crippen molar-refractivity contribution < 1.29 is 31.5 Å². The van der Waals surface area contributed by atoms with E-state index in [1.54, 1.807) is 18.2 Å². The van der Waals surface area contributed by atoms with Crippen LogP contribution in [0.15, 0.2) is 54.6 Å². The number of carbonyl (C=O) groups is 1. The van der Waals surface area contributed by atoms with E-state index in [0.29, 0.717) is 10.1 Å². The average Bonchev–Trinajstić information content (AvgIpc) is 3.03. The first-order valence-electron chi connectivity index (χ1n) is 8.02. The van der Waals surface area contributed by atoms with Gasteiger partial charge < -0.3 is 4.74 Å². The van der Waals surface area contributed by atoms with E-state index in [4.69, 9.17) is 4.74 Å². The highest BCUT2D eigenvalue weighted by Gasteiger charge is 2.30. The normalized spacial score (nSPS) is 12.2. The zero-order chi connectivity index (χ0) is 20.3. The van der Waals surface area contributed by atoms with Crippen LogP contribution in [0.4, 0.5) is 22.0 Å². The maximum atomic E-state index is 13.3. The molecule has 0 aliphatic carbocycles.